The van der Waals surface area contributed by atoms with Crippen molar-refractivity contribution in [3.8, 4) is 45.5 Å². The van der Waals surface area contributed by atoms with E-state index in [1.807, 2.05) is 55.1 Å². The summed E-state index contributed by atoms with van der Waals surface area (Å²) in [6.45, 7) is 9.97. The van der Waals surface area contributed by atoms with E-state index in [-0.39, 0.29) is 35.7 Å². The Morgan fingerprint density at radius 3 is 1.92 bits per heavy atom. The number of fused-ring (bicyclic) bond motifs is 2. The van der Waals surface area contributed by atoms with Gasteiger partial charge in [-0.05, 0) is 80.0 Å². The van der Waals surface area contributed by atoms with E-state index in [1.54, 1.807) is 17.3 Å². The number of amides is 4. The predicted octanol–water partition coefficient (Wildman–Crippen LogP) is 6.69. The van der Waals surface area contributed by atoms with Crippen LogP contribution in [-0.4, -0.2) is 114 Å². The highest BCUT2D eigenvalue weighted by atomic mass is 28.3. The highest BCUT2D eigenvalue weighted by Crippen LogP contribution is 2.48. The molecule has 2 aromatic heterocycles. The van der Waals surface area contributed by atoms with Crippen LogP contribution in [0.3, 0.4) is 0 Å². The number of aromatic nitrogens is 4. The number of aromatic amines is 2. The smallest absolute Gasteiger partial charge is 0.407 e. The van der Waals surface area contributed by atoms with E-state index in [9.17, 15) is 19.2 Å². The molecule has 6 heterocycles. The highest BCUT2D eigenvalue weighted by molar-refractivity contribution is 6.78. The van der Waals surface area contributed by atoms with Crippen molar-refractivity contribution in [1.29, 1.82) is 0 Å². The van der Waals surface area contributed by atoms with Crippen molar-refractivity contribution in [3.05, 3.63) is 60.4 Å². The van der Waals surface area contributed by atoms with Gasteiger partial charge in [0.1, 0.15) is 23.7 Å². The third-order valence-corrected chi connectivity index (χ3v) is 14.9. The van der Waals surface area contributed by atoms with Crippen molar-refractivity contribution in [2.45, 2.75) is 82.8 Å². The summed E-state index contributed by atoms with van der Waals surface area (Å²) in [5.74, 6) is 3.09. The molecule has 3 saturated heterocycles. The fourth-order valence-corrected chi connectivity index (χ4v) is 11.8. The fraction of sp³-hybridized carbons (Fsp3) is 0.488. The van der Waals surface area contributed by atoms with E-state index in [0.717, 1.165) is 41.4 Å². The monoisotopic (exact) mass is 854 g/mol. The van der Waals surface area contributed by atoms with E-state index in [0.29, 0.717) is 73.4 Å². The standard InChI is InChI=1S/C43H54N8O9Si/c1-24(2)36(48-42(54)56-3)40(52)50-15-7-8-30(50)38-44-20-28(46-38)26-9-11-32-34(18-26)59-33-12-10-27(19-35(33)60-32)29-21-45-39(47-29)31-22-61(5,6)23-51(31)41(53)37(49-43(55)57-4)25-13-16-58-17-14-25/h9-12,18-21,24-25,30-31,36-37H,7-8,13-17,22-23H2,1-6H3,(H,44,46)(H,45,47)(H,48,54)(H,49,55)/t30-,31-,36-,37-/m0/s1. The van der Waals surface area contributed by atoms with Crippen molar-refractivity contribution >= 4 is 32.1 Å². The van der Waals surface area contributed by atoms with E-state index < -0.39 is 32.3 Å². The quantitative estimate of drug-likeness (QED) is 0.109. The van der Waals surface area contributed by atoms with Gasteiger partial charge < -0.3 is 54.1 Å². The number of carbonyl (C=O) groups excluding carboxylic acids is 4. The van der Waals surface area contributed by atoms with Crippen LogP contribution in [-0.2, 0) is 23.8 Å². The Balaban J connectivity index is 0.963. The molecule has 0 aliphatic carbocycles. The second-order valence-corrected chi connectivity index (χ2v) is 22.4. The number of methoxy groups -OCH3 is 2. The number of carbonyl (C=O) groups is 4. The number of rotatable bonds is 10. The van der Waals surface area contributed by atoms with Crippen molar-refractivity contribution < 1.29 is 42.9 Å². The third-order valence-electron chi connectivity index (χ3n) is 12.2. The Morgan fingerprint density at radius 2 is 1.34 bits per heavy atom. The van der Waals surface area contributed by atoms with E-state index >= 15 is 0 Å². The first kappa shape index (κ1) is 41.8. The average Bonchev–Trinajstić information content (AvgIpc) is 4.10. The van der Waals surface area contributed by atoms with Crippen molar-refractivity contribution in [2.75, 3.05) is 40.1 Å². The lowest BCUT2D eigenvalue weighted by Gasteiger charge is -2.34. The van der Waals surface area contributed by atoms with Crippen LogP contribution in [0.5, 0.6) is 23.0 Å². The molecule has 17 nitrogen and oxygen atoms in total. The van der Waals surface area contributed by atoms with E-state index in [2.05, 4.69) is 38.7 Å². The van der Waals surface area contributed by atoms with Gasteiger partial charge in [-0.3, -0.25) is 9.59 Å². The Labute approximate surface area is 355 Å². The lowest BCUT2D eigenvalue weighted by Crippen LogP contribution is -2.53. The van der Waals surface area contributed by atoms with Crippen molar-refractivity contribution in [1.82, 2.24) is 40.4 Å². The second kappa shape index (κ2) is 17.2. The van der Waals surface area contributed by atoms with Crippen LogP contribution in [0, 0.1) is 11.8 Å². The lowest BCUT2D eigenvalue weighted by molar-refractivity contribution is -0.136. The van der Waals surface area contributed by atoms with Crippen molar-refractivity contribution in [3.63, 3.8) is 0 Å². The zero-order chi connectivity index (χ0) is 43.0. The Morgan fingerprint density at radius 1 is 0.770 bits per heavy atom. The van der Waals surface area contributed by atoms with Gasteiger partial charge in [0.05, 0.1) is 58.2 Å². The molecule has 0 unspecified atom stereocenters. The molecule has 8 rings (SSSR count). The van der Waals surface area contributed by atoms with Gasteiger partial charge in [-0.2, -0.15) is 0 Å². The van der Waals surface area contributed by atoms with Crippen LogP contribution in [0.1, 0.15) is 63.3 Å². The summed E-state index contributed by atoms with van der Waals surface area (Å²) < 4.78 is 28.0. The Hall–Kier alpha value is -5.88. The molecular formula is C43H54N8O9Si. The van der Waals surface area contributed by atoms with E-state index in [4.69, 9.17) is 28.7 Å². The Bertz CT molecular complexity index is 2290. The zero-order valence-corrected chi connectivity index (χ0v) is 36.4. The fourth-order valence-electron chi connectivity index (χ4n) is 8.95. The predicted molar refractivity (Wildman–Crippen MR) is 226 cm³/mol. The lowest BCUT2D eigenvalue weighted by atomic mass is 9.90. The number of nitrogens with zero attached hydrogens (tertiary/aromatic N) is 4. The molecule has 4 aliphatic heterocycles. The third kappa shape index (κ3) is 8.68. The first-order valence-corrected chi connectivity index (χ1v) is 24.4. The minimum absolute atomic E-state index is 0.0548. The average molecular weight is 855 g/mol. The first-order valence-electron chi connectivity index (χ1n) is 20.9. The number of hydrogen-bond acceptors (Lipinski definition) is 11. The summed E-state index contributed by atoms with van der Waals surface area (Å²) in [5, 5.41) is 5.53. The van der Waals surface area contributed by atoms with Gasteiger partial charge in [0.15, 0.2) is 23.0 Å². The molecule has 61 heavy (non-hydrogen) atoms. The van der Waals surface area contributed by atoms with Crippen LogP contribution in [0.4, 0.5) is 9.59 Å². The van der Waals surface area contributed by atoms with Crippen LogP contribution in [0.15, 0.2) is 48.8 Å². The normalized spacial score (nSPS) is 20.5. The zero-order valence-electron chi connectivity index (χ0n) is 35.4. The molecule has 0 radical (unpaired) electrons. The molecule has 4 amide bonds. The number of H-pyrrole nitrogens is 2. The maximum atomic E-state index is 14.3. The maximum Gasteiger partial charge on any atom is 0.407 e. The number of ether oxygens (including phenoxy) is 5. The maximum absolute atomic E-state index is 14.3. The van der Waals surface area contributed by atoms with Crippen LogP contribution in [0.2, 0.25) is 19.1 Å². The molecular weight excluding hydrogens is 801 g/mol. The molecule has 4 aromatic rings. The number of alkyl carbamates (subject to hydrolysis) is 2. The summed E-state index contributed by atoms with van der Waals surface area (Å²) in [5.41, 5.74) is 3.20. The summed E-state index contributed by atoms with van der Waals surface area (Å²) in [7, 11) is 0.762. The molecule has 4 atom stereocenters. The number of likely N-dealkylation sites (tertiary alicyclic amines) is 1. The van der Waals surface area contributed by atoms with Gasteiger partial charge in [-0.15, -0.1) is 0 Å². The minimum atomic E-state index is -1.82. The molecule has 0 saturated carbocycles. The number of hydrogen-bond donors (Lipinski definition) is 4. The Kier molecular flexibility index (Phi) is 11.8. The van der Waals surface area contributed by atoms with Gasteiger partial charge in [0.2, 0.25) is 11.8 Å². The van der Waals surface area contributed by atoms with Gasteiger partial charge in [-0.25, -0.2) is 19.6 Å². The molecule has 324 valence electrons. The largest absolute Gasteiger partial charge is 0.453 e. The number of imidazole rings is 2. The molecule has 2 aromatic carbocycles. The van der Waals surface area contributed by atoms with Crippen molar-refractivity contribution in [2.24, 2.45) is 11.8 Å². The molecule has 3 fully saturated rings. The minimum Gasteiger partial charge on any atom is -0.453 e. The molecule has 4 N–H and O–H groups in total. The van der Waals surface area contributed by atoms with Crippen LogP contribution in [0.25, 0.3) is 22.5 Å². The molecule has 0 bridgehead atoms. The molecule has 0 spiro atoms. The topological polar surface area (TPSA) is 202 Å². The summed E-state index contributed by atoms with van der Waals surface area (Å²) >= 11 is 0. The number of benzene rings is 2. The summed E-state index contributed by atoms with van der Waals surface area (Å²) in [6, 6.07) is 10.2. The number of nitrogens with one attached hydrogen (secondary N) is 4. The van der Waals surface area contributed by atoms with E-state index in [1.165, 1.54) is 14.2 Å². The van der Waals surface area contributed by atoms with Crippen LogP contribution >= 0.6 is 0 Å². The van der Waals surface area contributed by atoms with Gasteiger partial charge in [0.25, 0.3) is 0 Å². The first-order chi connectivity index (χ1) is 29.3. The molecule has 18 heteroatoms. The summed E-state index contributed by atoms with van der Waals surface area (Å²) in [6.07, 6.45) is 5.83. The SMILES string of the molecule is COC(=O)N[C@H](C(=O)N1CCC[C@H]1c1ncc(-c2ccc3c(c2)Oc2ccc(-c4cnc([C@@H]5C[Si](C)(C)CN5C(=O)[C@@H](NC(=O)OC)C5CCOCC5)[nH]4)cc2O3)[nH]1)C(C)C. The second-order valence-electron chi connectivity index (χ2n) is 17.4. The van der Waals surface area contributed by atoms with Crippen LogP contribution < -0.4 is 20.1 Å². The summed E-state index contributed by atoms with van der Waals surface area (Å²) in [4.78, 5) is 72.4. The van der Waals surface area contributed by atoms with Gasteiger partial charge in [-0.1, -0.05) is 26.9 Å². The van der Waals surface area contributed by atoms with Gasteiger partial charge >= 0.3 is 12.2 Å². The van der Waals surface area contributed by atoms with Gasteiger partial charge in [0, 0.05) is 37.1 Å². The highest BCUT2D eigenvalue weighted by Gasteiger charge is 2.47. The molecule has 4 aliphatic rings.